The molecule has 15 heteroatoms. The van der Waals surface area contributed by atoms with Gasteiger partial charge in [0, 0.05) is 44.5 Å². The Bertz CT molecular complexity index is 1670. The molecule has 2 atom stereocenters. The molecule has 3 N–H and O–H groups in total. The Morgan fingerprint density at radius 2 is 1.51 bits per heavy atom. The minimum absolute atomic E-state index is 0. The van der Waals surface area contributed by atoms with Gasteiger partial charge in [0.25, 0.3) is 0 Å². The van der Waals surface area contributed by atoms with E-state index in [4.69, 9.17) is 14.2 Å². The van der Waals surface area contributed by atoms with E-state index in [9.17, 15) is 19.2 Å². The minimum Gasteiger partial charge on any atom is -0.460 e. The van der Waals surface area contributed by atoms with Crippen molar-refractivity contribution in [2.75, 3.05) is 54.2 Å². The predicted octanol–water partition coefficient (Wildman–Crippen LogP) is 8.30. The van der Waals surface area contributed by atoms with Crippen LogP contribution in [0.4, 0.5) is 32.5 Å². The second-order valence-electron chi connectivity index (χ2n) is 13.9. The molecular formula is C40H58Cl2N6O7. The summed E-state index contributed by atoms with van der Waals surface area (Å²) in [6.45, 7) is 15.6. The topological polar surface area (TPSA) is 151 Å². The van der Waals surface area contributed by atoms with Crippen LogP contribution >= 0.6 is 24.8 Å². The number of carbonyl (C=O) groups is 4. The van der Waals surface area contributed by atoms with Crippen LogP contribution < -0.4 is 25.8 Å². The normalized spacial score (nSPS) is 11.7. The number of aryl methyl sites for hydroxylation is 1. The fraction of sp³-hybridized carbons (Fsp3) is 0.475. The standard InChI is InChI=1S/C40H56N6O7.2ClH/c1-10-30(21-36(47)52-29(7)53-40(50)45(9)38-32(12-11-19-42-38)25-51-37(48)22-41-8)31-15-18-35(46(23-26(2)3)24-27(4)5)34(20-31)44-39(49)43-33-16-13-28(6)14-17-33;;/h11-20,26-27,29-30,41H,10,21-25H2,1-9H3,(H2,43,44,49);2*1H/t29-,30?;;/m0../s1. The van der Waals surface area contributed by atoms with Crippen molar-refractivity contribution in [3.05, 3.63) is 77.5 Å². The van der Waals surface area contributed by atoms with Gasteiger partial charge in [-0.15, -0.1) is 24.8 Å². The first-order valence-corrected chi connectivity index (χ1v) is 18.1. The number of esters is 2. The molecule has 1 heterocycles. The van der Waals surface area contributed by atoms with Crippen molar-refractivity contribution in [1.29, 1.82) is 0 Å². The van der Waals surface area contributed by atoms with E-state index in [1.165, 1.54) is 20.2 Å². The van der Waals surface area contributed by atoms with Crippen molar-refractivity contribution in [2.24, 2.45) is 11.8 Å². The van der Waals surface area contributed by atoms with Gasteiger partial charge >= 0.3 is 24.1 Å². The number of rotatable bonds is 18. The Kier molecular flexibility index (Phi) is 21.2. The molecule has 0 bridgehead atoms. The van der Waals surface area contributed by atoms with Gasteiger partial charge in [-0.1, -0.05) is 64.4 Å². The first-order chi connectivity index (χ1) is 25.2. The van der Waals surface area contributed by atoms with E-state index in [-0.39, 0.29) is 62.2 Å². The Labute approximate surface area is 338 Å². The second-order valence-corrected chi connectivity index (χ2v) is 13.9. The summed E-state index contributed by atoms with van der Waals surface area (Å²) in [5, 5.41) is 8.71. The van der Waals surface area contributed by atoms with Gasteiger partial charge < -0.3 is 35.1 Å². The minimum atomic E-state index is -1.19. The van der Waals surface area contributed by atoms with Crippen molar-refractivity contribution < 1.29 is 33.4 Å². The van der Waals surface area contributed by atoms with Crippen molar-refractivity contribution in [3.8, 4) is 0 Å². The van der Waals surface area contributed by atoms with E-state index < -0.39 is 24.3 Å². The molecule has 0 saturated heterocycles. The number of nitrogens with zero attached hydrogens (tertiary/aromatic N) is 3. The Hall–Kier alpha value is -4.59. The molecular weight excluding hydrogens is 747 g/mol. The number of anilines is 4. The largest absolute Gasteiger partial charge is 0.460 e. The number of nitrogens with one attached hydrogen (secondary N) is 3. The number of hydrogen-bond acceptors (Lipinski definition) is 10. The highest BCUT2D eigenvalue weighted by molar-refractivity contribution is 6.02. The van der Waals surface area contributed by atoms with E-state index in [0.717, 1.165) is 34.8 Å². The van der Waals surface area contributed by atoms with Gasteiger partial charge in [0.1, 0.15) is 12.4 Å². The number of aromatic nitrogens is 1. The fourth-order valence-corrected chi connectivity index (χ4v) is 5.72. The molecule has 0 radical (unpaired) electrons. The molecule has 0 fully saturated rings. The first kappa shape index (κ1) is 48.4. The Balaban J connectivity index is 0.00000756. The van der Waals surface area contributed by atoms with Crippen molar-refractivity contribution in [3.63, 3.8) is 0 Å². The molecule has 0 aliphatic heterocycles. The molecule has 0 aliphatic rings. The van der Waals surface area contributed by atoms with Crippen LogP contribution in [-0.4, -0.2) is 69.1 Å². The van der Waals surface area contributed by atoms with Crippen molar-refractivity contribution >= 4 is 71.8 Å². The zero-order valence-electron chi connectivity index (χ0n) is 33.3. The van der Waals surface area contributed by atoms with E-state index >= 15 is 0 Å². The highest BCUT2D eigenvalue weighted by Gasteiger charge is 2.25. The summed E-state index contributed by atoms with van der Waals surface area (Å²) < 4.78 is 16.2. The lowest BCUT2D eigenvalue weighted by molar-refractivity contribution is -0.165. The van der Waals surface area contributed by atoms with Crippen molar-refractivity contribution in [1.82, 2.24) is 10.3 Å². The molecule has 3 aromatic rings. The van der Waals surface area contributed by atoms with E-state index in [1.54, 1.807) is 19.2 Å². The smallest absolute Gasteiger partial charge is 0.418 e. The van der Waals surface area contributed by atoms with Gasteiger partial charge in [-0.3, -0.25) is 14.5 Å². The van der Waals surface area contributed by atoms with Crippen LogP contribution in [0.3, 0.4) is 0 Å². The van der Waals surface area contributed by atoms with E-state index in [2.05, 4.69) is 53.5 Å². The number of likely N-dealkylation sites (N-methyl/N-ethyl adjacent to an activating group) is 1. The van der Waals surface area contributed by atoms with Crippen LogP contribution in [0, 0.1) is 18.8 Å². The predicted molar refractivity (Wildman–Crippen MR) is 223 cm³/mol. The fourth-order valence-electron chi connectivity index (χ4n) is 5.72. The molecule has 1 aromatic heterocycles. The number of halogens is 2. The molecule has 55 heavy (non-hydrogen) atoms. The van der Waals surface area contributed by atoms with E-state index in [0.29, 0.717) is 35.2 Å². The zero-order valence-corrected chi connectivity index (χ0v) is 35.0. The average molecular weight is 806 g/mol. The number of carbonyl (C=O) groups excluding carboxylic acids is 4. The highest BCUT2D eigenvalue weighted by Crippen LogP contribution is 2.34. The van der Waals surface area contributed by atoms with Crippen LogP contribution in [-0.2, 0) is 30.4 Å². The SMILES string of the molecule is CCC(CC(=O)O[C@H](C)OC(=O)N(C)c1ncccc1COC(=O)CNC)c1ccc(N(CC(C)C)CC(C)C)c(NC(=O)Nc2ccc(C)cc2)c1.Cl.Cl. The lowest BCUT2D eigenvalue weighted by Crippen LogP contribution is -2.33. The quantitative estimate of drug-likeness (QED) is 0.0846. The van der Waals surface area contributed by atoms with Gasteiger partial charge in [-0.2, -0.15) is 0 Å². The molecule has 0 spiro atoms. The summed E-state index contributed by atoms with van der Waals surface area (Å²) in [6.07, 6.45) is 0.140. The molecule has 304 valence electrons. The summed E-state index contributed by atoms with van der Waals surface area (Å²) in [4.78, 5) is 59.0. The number of benzene rings is 2. The summed E-state index contributed by atoms with van der Waals surface area (Å²) >= 11 is 0. The van der Waals surface area contributed by atoms with Crippen LogP contribution in [0.2, 0.25) is 0 Å². The molecule has 13 nitrogen and oxygen atoms in total. The van der Waals surface area contributed by atoms with Gasteiger partial charge in [0.05, 0.1) is 24.3 Å². The molecule has 1 unspecified atom stereocenters. The average Bonchev–Trinajstić information content (AvgIpc) is 3.09. The summed E-state index contributed by atoms with van der Waals surface area (Å²) in [5.41, 5.74) is 4.65. The summed E-state index contributed by atoms with van der Waals surface area (Å²) in [5.74, 6) is -0.240. The summed E-state index contributed by atoms with van der Waals surface area (Å²) in [7, 11) is 3.10. The Morgan fingerprint density at radius 3 is 2.11 bits per heavy atom. The van der Waals surface area contributed by atoms with Crippen LogP contribution in [0.5, 0.6) is 0 Å². The van der Waals surface area contributed by atoms with Gasteiger partial charge in [-0.05, 0) is 74.0 Å². The number of urea groups is 1. The van der Waals surface area contributed by atoms with Gasteiger partial charge in [0.2, 0.25) is 6.29 Å². The first-order valence-electron chi connectivity index (χ1n) is 18.1. The molecule has 0 aliphatic carbocycles. The maximum absolute atomic E-state index is 13.3. The second kappa shape index (κ2) is 24.0. The molecule has 3 amide bonds. The Morgan fingerprint density at radius 1 is 0.855 bits per heavy atom. The third kappa shape index (κ3) is 16.0. The molecule has 2 aromatic carbocycles. The highest BCUT2D eigenvalue weighted by atomic mass is 35.5. The maximum Gasteiger partial charge on any atom is 0.418 e. The van der Waals surface area contributed by atoms with Crippen LogP contribution in [0.15, 0.2) is 60.8 Å². The lowest BCUT2D eigenvalue weighted by Gasteiger charge is -2.31. The summed E-state index contributed by atoms with van der Waals surface area (Å²) in [6, 6.07) is 16.5. The van der Waals surface area contributed by atoms with Crippen molar-refractivity contribution in [2.45, 2.75) is 80.1 Å². The van der Waals surface area contributed by atoms with E-state index in [1.807, 2.05) is 56.3 Å². The number of hydrogen-bond donors (Lipinski definition) is 3. The number of pyridine rings is 1. The lowest BCUT2D eigenvalue weighted by atomic mass is 9.92. The maximum atomic E-state index is 13.3. The number of amides is 3. The van der Waals surface area contributed by atoms with Gasteiger partial charge in [0.15, 0.2) is 0 Å². The monoisotopic (exact) mass is 804 g/mol. The van der Waals surface area contributed by atoms with Crippen LogP contribution in [0.25, 0.3) is 0 Å². The third-order valence-corrected chi connectivity index (χ3v) is 8.20. The zero-order chi connectivity index (χ0) is 39.1. The third-order valence-electron chi connectivity index (χ3n) is 8.20. The molecule has 3 rings (SSSR count). The number of ether oxygens (including phenoxy) is 3. The van der Waals surface area contributed by atoms with Crippen LogP contribution in [0.1, 0.15) is 77.0 Å². The molecule has 0 saturated carbocycles. The van der Waals surface area contributed by atoms with Gasteiger partial charge in [-0.25, -0.2) is 14.6 Å².